The largest absolute Gasteiger partial charge is 0.622 e. The molecule has 19 heavy (non-hydrogen) atoms. The van der Waals surface area contributed by atoms with Crippen LogP contribution in [-0.2, 0) is 4.79 Å². The van der Waals surface area contributed by atoms with Gasteiger partial charge in [0.05, 0.1) is 0 Å². The number of fused-ring (bicyclic) bond motifs is 1. The molecule has 0 aromatic carbocycles. The summed E-state index contributed by atoms with van der Waals surface area (Å²) in [6.07, 6.45) is 7.56. The van der Waals surface area contributed by atoms with Crippen LogP contribution in [0, 0.1) is 16.5 Å². The maximum Gasteiger partial charge on any atom is 0.249 e. The number of rotatable bonds is 0. The quantitative estimate of drug-likeness (QED) is 0.374. The minimum Gasteiger partial charge on any atom is -0.622 e. The number of hydrogen-bond acceptors (Lipinski definition) is 4. The fourth-order valence-electron chi connectivity index (χ4n) is 3.40. The molecular weight excluding hydrogens is 242 g/mol. The average Bonchev–Trinajstić information content (AvgIpc) is 2.63. The van der Waals surface area contributed by atoms with Gasteiger partial charge in [-0.1, -0.05) is 6.42 Å². The molecule has 0 amide bonds. The molecule has 0 aromatic rings. The molecule has 5 heteroatoms. The fraction of sp³-hybridized carbons (Fsp3) is 0.500. The van der Waals surface area contributed by atoms with Gasteiger partial charge in [-0.3, -0.25) is 4.79 Å². The van der Waals surface area contributed by atoms with Gasteiger partial charge in [0.2, 0.25) is 11.4 Å². The zero-order chi connectivity index (χ0) is 13.6. The molecule has 0 radical (unpaired) electrons. The van der Waals surface area contributed by atoms with E-state index in [1.807, 2.05) is 18.0 Å². The highest BCUT2D eigenvalue weighted by Crippen LogP contribution is 2.41. The SMILES string of the molecule is CN1C2=C(C#N)C(=O)C=CC2=[N+]([O-])C12CCCCC2. The molecule has 0 atom stereocenters. The molecule has 1 aliphatic heterocycles. The predicted molar refractivity (Wildman–Crippen MR) is 69.0 cm³/mol. The van der Waals surface area contributed by atoms with Crippen molar-refractivity contribution in [2.24, 2.45) is 0 Å². The minimum absolute atomic E-state index is 0.0864. The first-order valence-corrected chi connectivity index (χ1v) is 6.57. The van der Waals surface area contributed by atoms with Crippen molar-refractivity contribution in [2.75, 3.05) is 7.05 Å². The first-order chi connectivity index (χ1) is 9.12. The van der Waals surface area contributed by atoms with Gasteiger partial charge in [0, 0.05) is 26.0 Å². The van der Waals surface area contributed by atoms with Crippen molar-refractivity contribution in [1.82, 2.24) is 4.90 Å². The van der Waals surface area contributed by atoms with E-state index in [-0.39, 0.29) is 11.4 Å². The summed E-state index contributed by atoms with van der Waals surface area (Å²) in [6, 6.07) is 1.95. The third-order valence-corrected chi connectivity index (χ3v) is 4.44. The zero-order valence-electron chi connectivity index (χ0n) is 10.8. The number of allylic oxidation sites excluding steroid dienone is 3. The van der Waals surface area contributed by atoms with Gasteiger partial charge in [-0.2, -0.15) is 10.0 Å². The molecule has 0 N–H and O–H groups in total. The molecule has 0 aromatic heterocycles. The summed E-state index contributed by atoms with van der Waals surface area (Å²) in [4.78, 5) is 13.6. The second-order valence-electron chi connectivity index (χ2n) is 5.31. The highest BCUT2D eigenvalue weighted by atomic mass is 16.5. The van der Waals surface area contributed by atoms with Gasteiger partial charge in [0.1, 0.15) is 17.3 Å². The third-order valence-electron chi connectivity index (χ3n) is 4.44. The second-order valence-corrected chi connectivity index (χ2v) is 5.31. The highest BCUT2D eigenvalue weighted by Gasteiger charge is 2.54. The van der Waals surface area contributed by atoms with Gasteiger partial charge >= 0.3 is 0 Å². The number of hydrogen-bond donors (Lipinski definition) is 0. The Morgan fingerprint density at radius 1 is 1.37 bits per heavy atom. The molecule has 98 valence electrons. The van der Waals surface area contributed by atoms with E-state index in [1.54, 1.807) is 6.08 Å². The first kappa shape index (κ1) is 12.0. The van der Waals surface area contributed by atoms with Crippen LogP contribution in [0.25, 0.3) is 0 Å². The van der Waals surface area contributed by atoms with Crippen molar-refractivity contribution in [3.63, 3.8) is 0 Å². The van der Waals surface area contributed by atoms with Gasteiger partial charge in [-0.15, -0.1) is 0 Å². The molecule has 0 unspecified atom stereocenters. The van der Waals surface area contributed by atoms with E-state index in [9.17, 15) is 15.3 Å². The topological polar surface area (TPSA) is 70.2 Å². The number of nitriles is 1. The zero-order valence-corrected chi connectivity index (χ0v) is 10.8. The lowest BCUT2D eigenvalue weighted by molar-refractivity contribution is -0.571. The van der Waals surface area contributed by atoms with Crippen LogP contribution in [0.5, 0.6) is 0 Å². The monoisotopic (exact) mass is 257 g/mol. The van der Waals surface area contributed by atoms with Crippen molar-refractivity contribution < 1.29 is 9.53 Å². The summed E-state index contributed by atoms with van der Waals surface area (Å²) in [5.74, 6) is -0.311. The normalized spacial score (nSPS) is 25.1. The maximum atomic E-state index is 12.6. The maximum absolute atomic E-state index is 12.6. The van der Waals surface area contributed by atoms with Crippen molar-refractivity contribution in [3.8, 4) is 6.07 Å². The molecule has 5 nitrogen and oxygen atoms in total. The standard InChI is InChI=1S/C14H15N3O2/c1-16-13-10(9-15)12(18)6-5-11(13)17(19)14(16)7-3-2-4-8-14/h5-6H,2-4,7-8H2,1H3. The smallest absolute Gasteiger partial charge is 0.249 e. The van der Waals surface area contributed by atoms with Crippen molar-refractivity contribution in [3.05, 3.63) is 28.6 Å². The van der Waals surface area contributed by atoms with Crippen LogP contribution in [0.4, 0.5) is 0 Å². The van der Waals surface area contributed by atoms with Crippen LogP contribution in [0.3, 0.4) is 0 Å². The molecule has 1 fully saturated rings. The Balaban J connectivity index is 2.19. The van der Waals surface area contributed by atoms with Crippen LogP contribution in [0.15, 0.2) is 23.4 Å². The van der Waals surface area contributed by atoms with Crippen LogP contribution in [-0.4, -0.2) is 33.8 Å². The molecular formula is C14H15N3O2. The molecule has 2 aliphatic carbocycles. The van der Waals surface area contributed by atoms with Gasteiger partial charge in [0.15, 0.2) is 5.78 Å². The summed E-state index contributed by atoms with van der Waals surface area (Å²) in [5.41, 5.74) is 0.454. The van der Waals surface area contributed by atoms with Crippen LogP contribution in [0.2, 0.25) is 0 Å². The molecule has 0 saturated heterocycles. The van der Waals surface area contributed by atoms with E-state index in [4.69, 9.17) is 0 Å². The average molecular weight is 257 g/mol. The summed E-state index contributed by atoms with van der Waals surface area (Å²) in [7, 11) is 1.82. The first-order valence-electron chi connectivity index (χ1n) is 6.57. The fourth-order valence-corrected chi connectivity index (χ4v) is 3.40. The number of nitrogens with zero attached hydrogens (tertiary/aromatic N) is 3. The second kappa shape index (κ2) is 3.95. The van der Waals surface area contributed by atoms with E-state index >= 15 is 0 Å². The Kier molecular flexibility index (Phi) is 2.49. The summed E-state index contributed by atoms with van der Waals surface area (Å²) >= 11 is 0. The lowest BCUT2D eigenvalue weighted by atomic mass is 9.88. The van der Waals surface area contributed by atoms with Gasteiger partial charge < -0.3 is 10.1 Å². The van der Waals surface area contributed by atoms with Crippen LogP contribution in [0.1, 0.15) is 32.1 Å². The van der Waals surface area contributed by atoms with Crippen molar-refractivity contribution in [2.45, 2.75) is 37.8 Å². The third kappa shape index (κ3) is 1.40. The van der Waals surface area contributed by atoms with E-state index in [0.29, 0.717) is 11.4 Å². The summed E-state index contributed by atoms with van der Waals surface area (Å²) in [5, 5.41) is 21.8. The van der Waals surface area contributed by atoms with E-state index in [0.717, 1.165) is 36.8 Å². The Morgan fingerprint density at radius 3 is 2.68 bits per heavy atom. The Hall–Kier alpha value is -2.09. The number of ketones is 1. The van der Waals surface area contributed by atoms with Crippen molar-refractivity contribution in [1.29, 1.82) is 5.26 Å². The molecule has 3 rings (SSSR count). The number of carbonyl (C=O) groups excluding carboxylic acids is 1. The Bertz CT molecular complexity index is 586. The highest BCUT2D eigenvalue weighted by molar-refractivity contribution is 6.22. The minimum atomic E-state index is -0.597. The predicted octanol–water partition coefficient (Wildman–Crippen LogP) is 1.46. The van der Waals surface area contributed by atoms with E-state index in [2.05, 4.69) is 0 Å². The van der Waals surface area contributed by atoms with Crippen LogP contribution < -0.4 is 0 Å². The lowest BCUT2D eigenvalue weighted by Gasteiger charge is -2.37. The van der Waals surface area contributed by atoms with Crippen LogP contribution >= 0.6 is 0 Å². The molecule has 3 aliphatic rings. The summed E-state index contributed by atoms with van der Waals surface area (Å²) < 4.78 is 1.02. The Labute approximate surface area is 111 Å². The lowest BCUT2D eigenvalue weighted by Crippen LogP contribution is -2.49. The van der Waals surface area contributed by atoms with Gasteiger partial charge in [-0.25, -0.2) is 0 Å². The molecule has 1 saturated carbocycles. The molecule has 0 bridgehead atoms. The van der Waals surface area contributed by atoms with Gasteiger partial charge in [0.25, 0.3) is 0 Å². The molecule has 1 heterocycles. The Morgan fingerprint density at radius 2 is 2.05 bits per heavy atom. The number of carbonyl (C=O) groups is 1. The summed E-state index contributed by atoms with van der Waals surface area (Å²) in [6.45, 7) is 0. The molecule has 1 spiro atoms. The van der Waals surface area contributed by atoms with E-state index in [1.165, 1.54) is 6.08 Å². The van der Waals surface area contributed by atoms with Gasteiger partial charge in [-0.05, 0) is 18.9 Å². The van der Waals surface area contributed by atoms with E-state index < -0.39 is 5.66 Å². The van der Waals surface area contributed by atoms with Crippen molar-refractivity contribution >= 4 is 11.5 Å². The number of hydroxylamine groups is 1.